The van der Waals surface area contributed by atoms with Crippen molar-refractivity contribution in [2.24, 2.45) is 0 Å². The van der Waals surface area contributed by atoms with Crippen molar-refractivity contribution in [1.82, 2.24) is 9.88 Å². The van der Waals surface area contributed by atoms with Gasteiger partial charge in [0, 0.05) is 17.1 Å². The van der Waals surface area contributed by atoms with Crippen LogP contribution in [0.15, 0.2) is 34.6 Å². The summed E-state index contributed by atoms with van der Waals surface area (Å²) in [6.45, 7) is 6.48. The monoisotopic (exact) mass is 341 g/mol. The number of aromatic nitrogens is 1. The third-order valence-corrected chi connectivity index (χ3v) is 5.02. The van der Waals surface area contributed by atoms with Crippen LogP contribution in [-0.4, -0.2) is 11.1 Å². The Balaban J connectivity index is 2.70. The topological polar surface area (TPSA) is 57.8 Å². The van der Waals surface area contributed by atoms with Crippen molar-refractivity contribution >= 4 is 34.3 Å². The largest absolute Gasteiger partial charge is 0.373 e. The fraction of sp³-hybridized carbons (Fsp3) is 0.176. The number of hydrogen-bond acceptors (Lipinski definition) is 5. The van der Waals surface area contributed by atoms with Crippen molar-refractivity contribution in [3.05, 3.63) is 54.2 Å². The number of allylic oxidation sites excluding steroid dienone is 1. The first kappa shape index (κ1) is 16.8. The van der Waals surface area contributed by atoms with Crippen LogP contribution in [0, 0.1) is 23.7 Å². The van der Waals surface area contributed by atoms with Gasteiger partial charge in [-0.3, -0.25) is 9.36 Å². The van der Waals surface area contributed by atoms with Gasteiger partial charge in [-0.25, -0.2) is 0 Å². The summed E-state index contributed by atoms with van der Waals surface area (Å²) in [7, 11) is 0. The molecule has 0 atom stereocenters. The fourth-order valence-electron chi connectivity index (χ4n) is 1.99. The molecule has 0 saturated carbocycles. The van der Waals surface area contributed by atoms with E-state index in [9.17, 15) is 10.1 Å². The summed E-state index contributed by atoms with van der Waals surface area (Å²) >= 11 is 2.85. The van der Waals surface area contributed by atoms with E-state index >= 15 is 0 Å². The molecule has 2 heterocycles. The van der Waals surface area contributed by atoms with E-state index in [1.807, 2.05) is 30.5 Å². The molecule has 0 saturated heterocycles. The zero-order valence-electron chi connectivity index (χ0n) is 12.6. The molecule has 0 unspecified atom stereocenters. The molecule has 0 amide bonds. The third-order valence-electron chi connectivity index (χ3n) is 3.07. The van der Waals surface area contributed by atoms with E-state index in [1.165, 1.54) is 11.3 Å². The highest BCUT2D eigenvalue weighted by Gasteiger charge is 2.10. The lowest BCUT2D eigenvalue weighted by molar-refractivity contribution is 0.720. The smallest absolute Gasteiger partial charge is 0.269 e. The van der Waals surface area contributed by atoms with Crippen LogP contribution in [0.3, 0.4) is 0 Å². The van der Waals surface area contributed by atoms with Gasteiger partial charge in [-0.2, -0.15) is 5.26 Å². The standard InChI is InChI=1S/C17H15N3OS2/c1-4-8-19-12(3)14(11-18)17-20(5-2)16(21)15(23-17)10-13-7-6-9-22-13/h1,6-7,9-10,19H,3,5,8H2,2H3/b15-10-,17-14-. The summed E-state index contributed by atoms with van der Waals surface area (Å²) in [4.78, 5) is 13.5. The fourth-order valence-corrected chi connectivity index (χ4v) is 3.90. The third kappa shape index (κ3) is 3.62. The number of terminal acetylenes is 1. The molecule has 0 aliphatic carbocycles. The first-order valence-electron chi connectivity index (χ1n) is 6.88. The van der Waals surface area contributed by atoms with Crippen LogP contribution in [-0.2, 0) is 6.54 Å². The van der Waals surface area contributed by atoms with Gasteiger partial charge in [0.1, 0.15) is 16.3 Å². The van der Waals surface area contributed by atoms with E-state index in [4.69, 9.17) is 6.42 Å². The zero-order chi connectivity index (χ0) is 16.8. The number of thiophene rings is 1. The second-order valence-electron chi connectivity index (χ2n) is 4.50. The first-order chi connectivity index (χ1) is 11.1. The molecule has 0 aromatic carbocycles. The lowest BCUT2D eigenvalue weighted by atomic mass is 10.2. The molecule has 6 heteroatoms. The Morgan fingerprint density at radius 3 is 2.96 bits per heavy atom. The van der Waals surface area contributed by atoms with E-state index in [2.05, 4.69) is 23.9 Å². The van der Waals surface area contributed by atoms with Crippen molar-refractivity contribution < 1.29 is 0 Å². The molecule has 2 aromatic heterocycles. The predicted octanol–water partition coefficient (Wildman–Crippen LogP) is 1.23. The SMILES string of the molecule is C#CCNC(=C)/C(C#N)=c1\s/c(=C\c2cccs2)c(=O)n1CC. The van der Waals surface area contributed by atoms with Gasteiger partial charge in [0.25, 0.3) is 5.56 Å². The van der Waals surface area contributed by atoms with Crippen LogP contribution in [0.4, 0.5) is 0 Å². The maximum atomic E-state index is 12.5. The van der Waals surface area contributed by atoms with Crippen molar-refractivity contribution in [2.75, 3.05) is 6.54 Å². The second-order valence-corrected chi connectivity index (χ2v) is 6.51. The highest BCUT2D eigenvalue weighted by molar-refractivity contribution is 7.11. The molecule has 2 rings (SSSR count). The normalized spacial score (nSPS) is 12.4. The first-order valence-corrected chi connectivity index (χ1v) is 8.57. The van der Waals surface area contributed by atoms with Crippen molar-refractivity contribution in [1.29, 1.82) is 5.26 Å². The maximum Gasteiger partial charge on any atom is 0.269 e. The average Bonchev–Trinajstić information content (AvgIpc) is 3.15. The lowest BCUT2D eigenvalue weighted by Gasteiger charge is -2.05. The van der Waals surface area contributed by atoms with Gasteiger partial charge in [0.15, 0.2) is 0 Å². The number of hydrogen-bond donors (Lipinski definition) is 1. The number of rotatable bonds is 5. The molecule has 0 bridgehead atoms. The minimum Gasteiger partial charge on any atom is -0.373 e. The van der Waals surface area contributed by atoms with Gasteiger partial charge >= 0.3 is 0 Å². The van der Waals surface area contributed by atoms with Gasteiger partial charge in [0.05, 0.1) is 11.1 Å². The van der Waals surface area contributed by atoms with E-state index in [0.29, 0.717) is 27.0 Å². The van der Waals surface area contributed by atoms with Crippen LogP contribution in [0.1, 0.15) is 11.8 Å². The summed E-state index contributed by atoms with van der Waals surface area (Å²) in [5.41, 5.74) is 0.671. The molecule has 23 heavy (non-hydrogen) atoms. The molecule has 0 fully saturated rings. The Morgan fingerprint density at radius 2 is 2.39 bits per heavy atom. The molecule has 1 N–H and O–H groups in total. The molecular weight excluding hydrogens is 326 g/mol. The number of nitriles is 1. The van der Waals surface area contributed by atoms with Gasteiger partial charge in [-0.1, -0.05) is 18.6 Å². The van der Waals surface area contributed by atoms with Crippen LogP contribution >= 0.6 is 22.7 Å². The van der Waals surface area contributed by atoms with Crippen molar-refractivity contribution in [2.45, 2.75) is 13.5 Å². The molecule has 0 aliphatic rings. The maximum absolute atomic E-state index is 12.5. The van der Waals surface area contributed by atoms with Crippen molar-refractivity contribution in [3.8, 4) is 18.4 Å². The molecule has 4 nitrogen and oxygen atoms in total. The highest BCUT2D eigenvalue weighted by Crippen LogP contribution is 2.08. The zero-order valence-corrected chi connectivity index (χ0v) is 14.3. The molecule has 0 radical (unpaired) electrons. The molecule has 0 aliphatic heterocycles. The quantitative estimate of drug-likeness (QED) is 0.832. The highest BCUT2D eigenvalue weighted by atomic mass is 32.1. The van der Waals surface area contributed by atoms with E-state index in [-0.39, 0.29) is 12.1 Å². The molecule has 0 spiro atoms. The van der Waals surface area contributed by atoms with Gasteiger partial charge < -0.3 is 5.32 Å². The van der Waals surface area contributed by atoms with E-state index < -0.39 is 0 Å². The second kappa shape index (κ2) is 7.64. The Morgan fingerprint density at radius 1 is 1.61 bits per heavy atom. The molecular formula is C17H15N3OS2. The number of thiazole rings is 1. The summed E-state index contributed by atoms with van der Waals surface area (Å²) in [5.74, 6) is 2.44. The Kier molecular flexibility index (Phi) is 5.59. The number of nitrogens with one attached hydrogen (secondary N) is 1. The summed E-state index contributed by atoms with van der Waals surface area (Å²) < 4.78 is 2.78. The number of nitrogens with zero attached hydrogens (tertiary/aromatic N) is 2. The van der Waals surface area contributed by atoms with E-state index in [0.717, 1.165) is 4.88 Å². The molecule has 2 aromatic rings. The van der Waals surface area contributed by atoms with Crippen molar-refractivity contribution in [3.63, 3.8) is 0 Å². The Hall–Kier alpha value is -2.54. The van der Waals surface area contributed by atoms with Crippen LogP contribution in [0.25, 0.3) is 11.6 Å². The summed E-state index contributed by atoms with van der Waals surface area (Å²) in [5, 5.41) is 14.3. The minimum absolute atomic E-state index is 0.0987. The lowest BCUT2D eigenvalue weighted by Crippen LogP contribution is -2.32. The average molecular weight is 341 g/mol. The summed E-state index contributed by atoms with van der Waals surface area (Å²) in [6.07, 6.45) is 7.06. The van der Waals surface area contributed by atoms with Gasteiger partial charge in [0.2, 0.25) is 0 Å². The Bertz CT molecular complexity index is 963. The van der Waals surface area contributed by atoms with E-state index in [1.54, 1.807) is 15.9 Å². The predicted molar refractivity (Wildman–Crippen MR) is 96.4 cm³/mol. The minimum atomic E-state index is -0.0987. The Labute approximate surface area is 142 Å². The van der Waals surface area contributed by atoms with Gasteiger partial charge in [-0.15, -0.1) is 29.1 Å². The van der Waals surface area contributed by atoms with Crippen LogP contribution < -0.4 is 20.1 Å². The van der Waals surface area contributed by atoms with Crippen LogP contribution in [0.2, 0.25) is 0 Å². The molecule has 116 valence electrons. The van der Waals surface area contributed by atoms with Crippen LogP contribution in [0.5, 0.6) is 0 Å². The van der Waals surface area contributed by atoms with Gasteiger partial charge in [-0.05, 0) is 24.4 Å². The summed E-state index contributed by atoms with van der Waals surface area (Å²) in [6, 6.07) is 6.01.